The maximum Gasteiger partial charge on any atom is 0.311 e. The predicted octanol–water partition coefficient (Wildman–Crippen LogP) is 5.35. The molecule has 4 heteroatoms. The molecule has 0 unspecified atom stereocenters. The van der Waals surface area contributed by atoms with Gasteiger partial charge in [-0.1, -0.05) is 26.0 Å². The third-order valence-corrected chi connectivity index (χ3v) is 7.06. The Morgan fingerprint density at radius 1 is 1.10 bits per heavy atom. The number of likely N-dealkylation sites (tertiary alicyclic amines) is 1. The van der Waals surface area contributed by atoms with E-state index in [9.17, 15) is 4.79 Å². The smallest absolute Gasteiger partial charge is 0.311 e. The van der Waals surface area contributed by atoms with E-state index in [1.807, 2.05) is 0 Å². The van der Waals surface area contributed by atoms with Crippen LogP contribution in [0, 0.1) is 24.7 Å². The molecule has 2 aromatic carbocycles. The summed E-state index contributed by atoms with van der Waals surface area (Å²) in [6.45, 7) is 9.30. The van der Waals surface area contributed by atoms with Gasteiger partial charge in [0.25, 0.3) is 0 Å². The average Bonchev–Trinajstić information content (AvgIpc) is 2.70. The molecule has 2 aliphatic rings. The van der Waals surface area contributed by atoms with E-state index in [0.29, 0.717) is 6.10 Å². The summed E-state index contributed by atoms with van der Waals surface area (Å²) in [7, 11) is 1.46. The average molecular weight is 410 g/mol. The Morgan fingerprint density at radius 2 is 1.83 bits per heavy atom. The number of ether oxygens (including phenoxy) is 2. The molecule has 2 fully saturated rings. The van der Waals surface area contributed by atoms with Crippen molar-refractivity contribution in [3.05, 3.63) is 41.5 Å². The lowest BCUT2D eigenvalue weighted by atomic mass is 9.80. The van der Waals surface area contributed by atoms with Gasteiger partial charge in [-0.15, -0.1) is 0 Å². The highest BCUT2D eigenvalue weighted by molar-refractivity contribution is 5.87. The Morgan fingerprint density at radius 3 is 2.50 bits per heavy atom. The van der Waals surface area contributed by atoms with Crippen molar-refractivity contribution in [2.75, 3.05) is 20.2 Å². The molecule has 4 nitrogen and oxygen atoms in total. The molecule has 0 N–H and O–H groups in total. The third kappa shape index (κ3) is 4.64. The van der Waals surface area contributed by atoms with Gasteiger partial charge in [0, 0.05) is 19.6 Å². The van der Waals surface area contributed by atoms with Crippen LogP contribution in [0.25, 0.3) is 10.8 Å². The molecule has 162 valence electrons. The van der Waals surface area contributed by atoms with Gasteiger partial charge in [-0.25, -0.2) is 0 Å². The summed E-state index contributed by atoms with van der Waals surface area (Å²) in [5, 5.41) is 2.52. The van der Waals surface area contributed by atoms with Crippen LogP contribution in [-0.4, -0.2) is 37.2 Å². The van der Waals surface area contributed by atoms with Gasteiger partial charge in [0.2, 0.25) is 0 Å². The molecule has 1 saturated carbocycles. The fraction of sp³-hybridized carbons (Fsp3) is 0.577. The lowest BCUT2D eigenvalue weighted by Gasteiger charge is -2.37. The SMILES string of the molecule is COC(=O)C1CN(Cc2ccc3cc(OC4CCC(C(C)C)CC4)cc(C)c3c2)C1. The van der Waals surface area contributed by atoms with E-state index in [-0.39, 0.29) is 11.9 Å². The van der Waals surface area contributed by atoms with Crippen molar-refractivity contribution in [2.45, 2.75) is 59.1 Å². The molecule has 1 aliphatic carbocycles. The monoisotopic (exact) mass is 409 g/mol. The van der Waals surface area contributed by atoms with E-state index >= 15 is 0 Å². The standard InChI is InChI=1S/C26H35NO3/c1-17(2)20-7-9-23(10-8-20)30-24-11-18(3)25-12-19(5-6-21(25)13-24)14-27-15-22(16-27)26(28)29-4/h5-6,11-13,17,20,22-23H,7-10,14-16H2,1-4H3. The second-order valence-corrected chi connectivity index (χ2v) is 9.61. The Balaban J connectivity index is 1.39. The molecule has 2 aromatic rings. The summed E-state index contributed by atoms with van der Waals surface area (Å²) in [5.41, 5.74) is 2.55. The van der Waals surface area contributed by atoms with Crippen LogP contribution >= 0.6 is 0 Å². The van der Waals surface area contributed by atoms with E-state index in [0.717, 1.165) is 37.2 Å². The molecule has 1 heterocycles. The number of fused-ring (bicyclic) bond motifs is 1. The van der Waals surface area contributed by atoms with Gasteiger partial charge in [0.15, 0.2) is 0 Å². The highest BCUT2D eigenvalue weighted by atomic mass is 16.5. The summed E-state index contributed by atoms with van der Waals surface area (Å²) in [6, 6.07) is 11.1. The summed E-state index contributed by atoms with van der Waals surface area (Å²) >= 11 is 0. The van der Waals surface area contributed by atoms with E-state index in [2.05, 4.69) is 56.0 Å². The number of hydrogen-bond acceptors (Lipinski definition) is 4. The Bertz CT molecular complexity index is 893. The molecule has 30 heavy (non-hydrogen) atoms. The minimum atomic E-state index is -0.0918. The first-order valence-corrected chi connectivity index (χ1v) is 11.4. The topological polar surface area (TPSA) is 38.8 Å². The number of rotatable bonds is 6. The summed E-state index contributed by atoms with van der Waals surface area (Å²) in [6.07, 6.45) is 5.25. The number of methoxy groups -OCH3 is 1. The molecule has 0 amide bonds. The molecule has 4 rings (SSSR count). The molecular formula is C26H35NO3. The second kappa shape index (κ2) is 8.97. The van der Waals surface area contributed by atoms with Gasteiger partial charge >= 0.3 is 5.97 Å². The van der Waals surface area contributed by atoms with Gasteiger partial charge in [0.05, 0.1) is 19.1 Å². The van der Waals surface area contributed by atoms with Crippen LogP contribution in [-0.2, 0) is 16.1 Å². The van der Waals surface area contributed by atoms with E-state index in [4.69, 9.17) is 9.47 Å². The van der Waals surface area contributed by atoms with Gasteiger partial charge in [-0.2, -0.15) is 0 Å². The molecular weight excluding hydrogens is 374 g/mol. The summed E-state index contributed by atoms with van der Waals surface area (Å²) in [5.74, 6) is 2.59. The van der Waals surface area contributed by atoms with Crippen molar-refractivity contribution in [1.29, 1.82) is 0 Å². The fourth-order valence-electron chi connectivity index (χ4n) is 5.06. The Kier molecular flexibility index (Phi) is 6.33. The normalized spacial score (nSPS) is 22.8. The lowest BCUT2D eigenvalue weighted by molar-refractivity contribution is -0.151. The fourth-order valence-corrected chi connectivity index (χ4v) is 5.06. The van der Waals surface area contributed by atoms with E-state index < -0.39 is 0 Å². The highest BCUT2D eigenvalue weighted by Gasteiger charge is 2.33. The molecule has 0 atom stereocenters. The van der Waals surface area contributed by atoms with Crippen LogP contribution in [0.2, 0.25) is 0 Å². The van der Waals surface area contributed by atoms with Gasteiger partial charge < -0.3 is 9.47 Å². The summed E-state index contributed by atoms with van der Waals surface area (Å²) in [4.78, 5) is 13.9. The van der Waals surface area contributed by atoms with Crippen molar-refractivity contribution in [1.82, 2.24) is 4.90 Å². The largest absolute Gasteiger partial charge is 0.490 e. The number of aryl methyl sites for hydroxylation is 1. The van der Waals surface area contributed by atoms with E-state index in [1.165, 1.54) is 54.7 Å². The zero-order valence-electron chi connectivity index (χ0n) is 18.8. The molecule has 1 saturated heterocycles. The van der Waals surface area contributed by atoms with E-state index in [1.54, 1.807) is 0 Å². The van der Waals surface area contributed by atoms with Crippen molar-refractivity contribution in [2.24, 2.45) is 17.8 Å². The maximum atomic E-state index is 11.6. The first-order valence-electron chi connectivity index (χ1n) is 11.4. The van der Waals surface area contributed by atoms with Crippen molar-refractivity contribution >= 4 is 16.7 Å². The number of benzene rings is 2. The van der Waals surface area contributed by atoms with Gasteiger partial charge in [-0.05, 0) is 84.5 Å². The zero-order chi connectivity index (χ0) is 21.3. The van der Waals surface area contributed by atoms with Gasteiger partial charge in [0.1, 0.15) is 5.75 Å². The second-order valence-electron chi connectivity index (χ2n) is 9.61. The summed E-state index contributed by atoms with van der Waals surface area (Å²) < 4.78 is 11.2. The Hall–Kier alpha value is -2.07. The molecule has 0 aromatic heterocycles. The van der Waals surface area contributed by atoms with Crippen molar-refractivity contribution in [3.8, 4) is 5.75 Å². The molecule has 1 aliphatic heterocycles. The number of carbonyl (C=O) groups is 1. The third-order valence-electron chi connectivity index (χ3n) is 7.06. The van der Waals surface area contributed by atoms with Crippen molar-refractivity contribution in [3.63, 3.8) is 0 Å². The molecule has 0 bridgehead atoms. The highest BCUT2D eigenvalue weighted by Crippen LogP contribution is 2.34. The van der Waals surface area contributed by atoms with Crippen LogP contribution in [0.15, 0.2) is 30.3 Å². The minimum Gasteiger partial charge on any atom is -0.490 e. The van der Waals surface area contributed by atoms with Crippen LogP contribution in [0.3, 0.4) is 0 Å². The van der Waals surface area contributed by atoms with Crippen LogP contribution in [0.4, 0.5) is 0 Å². The van der Waals surface area contributed by atoms with Crippen LogP contribution in [0.5, 0.6) is 5.75 Å². The molecule has 0 spiro atoms. The molecule has 0 radical (unpaired) electrons. The minimum absolute atomic E-state index is 0.0347. The van der Waals surface area contributed by atoms with Gasteiger partial charge in [-0.3, -0.25) is 9.69 Å². The first-order chi connectivity index (χ1) is 14.4. The maximum absolute atomic E-state index is 11.6. The van der Waals surface area contributed by atoms with Crippen LogP contribution < -0.4 is 4.74 Å². The number of hydrogen-bond donors (Lipinski definition) is 0. The number of carbonyl (C=O) groups excluding carboxylic acids is 1. The first kappa shape index (κ1) is 21.2. The quantitative estimate of drug-likeness (QED) is 0.603. The van der Waals surface area contributed by atoms with Crippen LogP contribution in [0.1, 0.15) is 50.7 Å². The number of esters is 1. The lowest BCUT2D eigenvalue weighted by Crippen LogP contribution is -2.49. The number of nitrogens with zero attached hydrogens (tertiary/aromatic N) is 1. The zero-order valence-corrected chi connectivity index (χ0v) is 18.8. The Labute approximate surface area is 180 Å². The van der Waals surface area contributed by atoms with Crippen molar-refractivity contribution < 1.29 is 14.3 Å². The predicted molar refractivity (Wildman–Crippen MR) is 121 cm³/mol.